The molecule has 6 rings (SSSR count). The summed E-state index contributed by atoms with van der Waals surface area (Å²) in [5.41, 5.74) is 12.4. The molecule has 0 saturated carbocycles. The van der Waals surface area contributed by atoms with E-state index in [-0.39, 0.29) is 23.2 Å². The van der Waals surface area contributed by atoms with Crippen LogP contribution in [0.25, 0.3) is 22.0 Å². The topological polar surface area (TPSA) is 114 Å². The predicted octanol–water partition coefficient (Wildman–Crippen LogP) is 4.40. The van der Waals surface area contributed by atoms with Crippen molar-refractivity contribution < 1.29 is 14.3 Å². The van der Waals surface area contributed by atoms with Gasteiger partial charge < -0.3 is 20.7 Å². The van der Waals surface area contributed by atoms with Crippen LogP contribution in [-0.4, -0.2) is 66.1 Å². The minimum atomic E-state index is -0.216. The zero-order chi connectivity index (χ0) is 28.7. The fourth-order valence-electron chi connectivity index (χ4n) is 5.72. The number of ether oxygens (including phenoxy) is 1. The van der Waals surface area contributed by atoms with E-state index in [9.17, 15) is 9.59 Å². The molecule has 2 aliphatic rings. The monoisotopic (exact) mass is 550 g/mol. The molecule has 9 heteroatoms. The average molecular weight is 551 g/mol. The van der Waals surface area contributed by atoms with E-state index in [0.29, 0.717) is 37.6 Å². The van der Waals surface area contributed by atoms with Gasteiger partial charge in [0.05, 0.1) is 25.3 Å². The lowest BCUT2D eigenvalue weighted by Crippen LogP contribution is -2.45. The highest BCUT2D eigenvalue weighted by Gasteiger charge is 2.38. The van der Waals surface area contributed by atoms with Crippen LogP contribution in [0.2, 0.25) is 0 Å². The fourth-order valence-corrected chi connectivity index (χ4v) is 5.72. The van der Waals surface area contributed by atoms with E-state index in [2.05, 4.69) is 34.0 Å². The molecule has 0 unspecified atom stereocenters. The predicted molar refractivity (Wildman–Crippen MR) is 161 cm³/mol. The van der Waals surface area contributed by atoms with E-state index in [1.807, 2.05) is 66.4 Å². The van der Waals surface area contributed by atoms with Gasteiger partial charge in [0.2, 0.25) is 11.9 Å². The van der Waals surface area contributed by atoms with Crippen molar-refractivity contribution in [2.45, 2.75) is 26.2 Å². The number of hydrogen-bond acceptors (Lipinski definition) is 7. The number of hydrogen-bond donors (Lipinski definition) is 2. The maximum Gasteiger partial charge on any atom is 0.255 e. The van der Waals surface area contributed by atoms with Crippen molar-refractivity contribution in [3.8, 4) is 11.1 Å². The normalized spacial score (nSPS) is 16.5. The number of rotatable bonds is 5. The van der Waals surface area contributed by atoms with Crippen LogP contribution in [0.4, 0.5) is 17.3 Å². The molecule has 2 amide bonds. The Bertz CT molecular complexity index is 1660. The first-order chi connectivity index (χ1) is 19.7. The van der Waals surface area contributed by atoms with Crippen LogP contribution < -0.4 is 16.0 Å². The number of nitrogens with zero attached hydrogens (tertiary/aromatic N) is 4. The van der Waals surface area contributed by atoms with Crippen molar-refractivity contribution in [1.29, 1.82) is 0 Å². The van der Waals surface area contributed by atoms with Crippen molar-refractivity contribution >= 4 is 40.0 Å². The summed E-state index contributed by atoms with van der Waals surface area (Å²) in [5, 5.41) is 3.93. The van der Waals surface area contributed by atoms with E-state index < -0.39 is 0 Å². The highest BCUT2D eigenvalue weighted by Crippen LogP contribution is 2.42. The first-order valence-electron chi connectivity index (χ1n) is 13.9. The van der Waals surface area contributed by atoms with E-state index in [1.165, 1.54) is 0 Å². The smallest absolute Gasteiger partial charge is 0.255 e. The SMILES string of the molecule is Cc1ccc(C(=O)Nc2ccc3c(c2)N(C(=O)CN2CCOCC2)CC3(C)C)cc1-c1ccc2nc(N)ncc2c1. The molecule has 3 heterocycles. The lowest BCUT2D eigenvalue weighted by atomic mass is 9.87. The molecule has 3 N–H and O–H groups in total. The van der Waals surface area contributed by atoms with Crippen LogP contribution in [0.3, 0.4) is 0 Å². The van der Waals surface area contributed by atoms with Gasteiger partial charge in [0.15, 0.2) is 0 Å². The van der Waals surface area contributed by atoms with Crippen molar-refractivity contribution in [2.24, 2.45) is 0 Å². The standard InChI is InChI=1S/C32H34N6O3/c1-20-4-5-22(15-25(20)21-6-9-27-23(14-21)17-34-31(33)36-27)30(40)35-24-7-8-26-28(16-24)38(19-32(26,2)3)29(39)18-37-10-12-41-13-11-37/h4-9,14-17H,10-13,18-19H2,1-3H3,(H,35,40)(H2,33,34,36). The number of carbonyl (C=O) groups excluding carboxylic acids is 2. The van der Waals surface area contributed by atoms with Crippen LogP contribution in [0.1, 0.15) is 35.3 Å². The van der Waals surface area contributed by atoms with Gasteiger partial charge in [0.25, 0.3) is 5.91 Å². The summed E-state index contributed by atoms with van der Waals surface area (Å²) in [6.07, 6.45) is 1.71. The van der Waals surface area contributed by atoms with Crippen LogP contribution >= 0.6 is 0 Å². The van der Waals surface area contributed by atoms with Crippen molar-refractivity contribution in [3.63, 3.8) is 0 Å². The Morgan fingerprint density at radius 3 is 2.66 bits per heavy atom. The second kappa shape index (κ2) is 10.6. The van der Waals surface area contributed by atoms with Gasteiger partial charge in [-0.3, -0.25) is 14.5 Å². The maximum absolute atomic E-state index is 13.4. The number of nitrogen functional groups attached to an aromatic ring is 1. The Labute approximate surface area is 239 Å². The summed E-state index contributed by atoms with van der Waals surface area (Å²) >= 11 is 0. The molecule has 1 aromatic heterocycles. The molecule has 0 bridgehead atoms. The Balaban J connectivity index is 1.24. The Kier molecular flexibility index (Phi) is 6.93. The van der Waals surface area contributed by atoms with Crippen molar-refractivity contribution in [1.82, 2.24) is 14.9 Å². The highest BCUT2D eigenvalue weighted by molar-refractivity contribution is 6.06. The molecule has 0 aliphatic carbocycles. The second-order valence-electron chi connectivity index (χ2n) is 11.5. The Hall–Kier alpha value is -4.34. The zero-order valence-corrected chi connectivity index (χ0v) is 23.6. The summed E-state index contributed by atoms with van der Waals surface area (Å²) < 4.78 is 5.43. The number of fused-ring (bicyclic) bond motifs is 2. The lowest BCUT2D eigenvalue weighted by Gasteiger charge is -2.28. The highest BCUT2D eigenvalue weighted by atomic mass is 16.5. The van der Waals surface area contributed by atoms with Crippen molar-refractivity contribution in [2.75, 3.05) is 55.3 Å². The van der Waals surface area contributed by atoms with Gasteiger partial charge in [-0.1, -0.05) is 32.0 Å². The molecular weight excluding hydrogens is 516 g/mol. The fraction of sp³-hybridized carbons (Fsp3) is 0.312. The van der Waals surface area contributed by atoms with Crippen LogP contribution in [0.15, 0.2) is 60.8 Å². The zero-order valence-electron chi connectivity index (χ0n) is 23.6. The van der Waals surface area contributed by atoms with Gasteiger partial charge >= 0.3 is 0 Å². The van der Waals surface area contributed by atoms with Gasteiger partial charge in [-0.15, -0.1) is 0 Å². The third-order valence-electron chi connectivity index (χ3n) is 8.00. The quantitative estimate of drug-likeness (QED) is 0.379. The summed E-state index contributed by atoms with van der Waals surface area (Å²) in [5.74, 6) is 0.0835. The van der Waals surface area contributed by atoms with Gasteiger partial charge in [0, 0.05) is 53.6 Å². The van der Waals surface area contributed by atoms with Crippen molar-refractivity contribution in [3.05, 3.63) is 77.5 Å². The number of aryl methyl sites for hydroxylation is 1. The summed E-state index contributed by atoms with van der Waals surface area (Å²) in [6, 6.07) is 17.4. The van der Waals surface area contributed by atoms with E-state index >= 15 is 0 Å². The number of morpholine rings is 1. The molecule has 210 valence electrons. The summed E-state index contributed by atoms with van der Waals surface area (Å²) in [4.78, 5) is 39.2. The number of anilines is 3. The van der Waals surface area contributed by atoms with E-state index in [4.69, 9.17) is 10.5 Å². The molecule has 1 fully saturated rings. The Morgan fingerprint density at radius 1 is 1.05 bits per heavy atom. The van der Waals surface area contributed by atoms with Gasteiger partial charge in [-0.05, 0) is 65.6 Å². The molecule has 9 nitrogen and oxygen atoms in total. The molecule has 0 spiro atoms. The largest absolute Gasteiger partial charge is 0.379 e. The maximum atomic E-state index is 13.4. The third-order valence-corrected chi connectivity index (χ3v) is 8.00. The summed E-state index contributed by atoms with van der Waals surface area (Å²) in [7, 11) is 0. The number of amides is 2. The minimum Gasteiger partial charge on any atom is -0.379 e. The first kappa shape index (κ1) is 26.9. The number of carbonyl (C=O) groups is 2. The molecule has 2 aliphatic heterocycles. The Morgan fingerprint density at radius 2 is 1.85 bits per heavy atom. The number of nitrogens with two attached hydrogens (primary N) is 1. The molecule has 41 heavy (non-hydrogen) atoms. The number of nitrogens with one attached hydrogen (secondary N) is 1. The molecule has 0 atom stereocenters. The molecule has 0 radical (unpaired) electrons. The molecular formula is C32H34N6O3. The van der Waals surface area contributed by atoms with E-state index in [0.717, 1.165) is 51.9 Å². The molecule has 3 aromatic carbocycles. The number of aromatic nitrogens is 2. The third kappa shape index (κ3) is 5.38. The second-order valence-corrected chi connectivity index (χ2v) is 11.5. The van der Waals surface area contributed by atoms with Gasteiger partial charge in [-0.2, -0.15) is 0 Å². The first-order valence-corrected chi connectivity index (χ1v) is 13.9. The van der Waals surface area contributed by atoms with Crippen LogP contribution in [0, 0.1) is 6.92 Å². The van der Waals surface area contributed by atoms with E-state index in [1.54, 1.807) is 6.20 Å². The van der Waals surface area contributed by atoms with Crippen LogP contribution in [-0.2, 0) is 14.9 Å². The van der Waals surface area contributed by atoms with Crippen LogP contribution in [0.5, 0.6) is 0 Å². The average Bonchev–Trinajstić information content (AvgIpc) is 3.23. The number of benzene rings is 3. The van der Waals surface area contributed by atoms with Gasteiger partial charge in [-0.25, -0.2) is 9.97 Å². The van der Waals surface area contributed by atoms with Gasteiger partial charge in [0.1, 0.15) is 0 Å². The lowest BCUT2D eigenvalue weighted by molar-refractivity contribution is -0.120. The summed E-state index contributed by atoms with van der Waals surface area (Å²) in [6.45, 7) is 10.1. The molecule has 1 saturated heterocycles. The molecule has 4 aromatic rings. The minimum absolute atomic E-state index is 0.0637.